The molecule has 0 fully saturated rings. The summed E-state index contributed by atoms with van der Waals surface area (Å²) in [4.78, 5) is 11.8. The summed E-state index contributed by atoms with van der Waals surface area (Å²) < 4.78 is 0. The highest BCUT2D eigenvalue weighted by Gasteiger charge is 2.07. The Morgan fingerprint density at radius 2 is 1.88 bits per heavy atom. The quantitative estimate of drug-likeness (QED) is 0.786. The fourth-order valence-electron chi connectivity index (χ4n) is 1.94. The second-order valence-corrected chi connectivity index (χ2v) is 4.97. The van der Waals surface area contributed by atoms with Crippen LogP contribution >= 0.6 is 0 Å². The molecule has 1 aromatic carbocycles. The molecule has 0 saturated carbocycles. The first-order valence-electron chi connectivity index (χ1n) is 6.42. The first-order valence-corrected chi connectivity index (χ1v) is 6.42. The lowest BCUT2D eigenvalue weighted by Gasteiger charge is -2.07. The minimum atomic E-state index is 0.326. The molecule has 0 saturated heterocycles. The van der Waals surface area contributed by atoms with Crippen LogP contribution in [0.5, 0.6) is 0 Å². The summed E-state index contributed by atoms with van der Waals surface area (Å²) in [5, 5.41) is 0. The van der Waals surface area contributed by atoms with Crippen LogP contribution in [0.4, 0.5) is 0 Å². The number of nitrogens with two attached hydrogens (primary N) is 1. The van der Waals surface area contributed by atoms with Gasteiger partial charge in [-0.25, -0.2) is 0 Å². The van der Waals surface area contributed by atoms with Crippen molar-refractivity contribution in [1.82, 2.24) is 0 Å². The summed E-state index contributed by atoms with van der Waals surface area (Å²) >= 11 is 0. The Kier molecular flexibility index (Phi) is 5.92. The van der Waals surface area contributed by atoms with E-state index >= 15 is 0 Å². The smallest absolute Gasteiger partial charge is 0.137 e. The molecule has 0 bridgehead atoms. The number of Topliss-reactive ketones (excluding diaryl/α,β-unsaturated/α-hetero) is 1. The van der Waals surface area contributed by atoms with Crippen molar-refractivity contribution in [3.63, 3.8) is 0 Å². The summed E-state index contributed by atoms with van der Waals surface area (Å²) in [6, 6.07) is 7.93. The minimum Gasteiger partial charge on any atom is -0.326 e. The van der Waals surface area contributed by atoms with Crippen LogP contribution in [0.1, 0.15) is 44.2 Å². The second kappa shape index (κ2) is 7.23. The maximum Gasteiger partial charge on any atom is 0.137 e. The number of carbonyl (C=O) groups excluding carboxylic acids is 1. The molecule has 0 radical (unpaired) electrons. The van der Waals surface area contributed by atoms with Crippen molar-refractivity contribution in [2.75, 3.05) is 0 Å². The summed E-state index contributed by atoms with van der Waals surface area (Å²) in [6.45, 7) is 4.89. The van der Waals surface area contributed by atoms with Crippen molar-refractivity contribution in [3.8, 4) is 0 Å². The number of benzene rings is 1. The van der Waals surface area contributed by atoms with E-state index in [0.717, 1.165) is 24.0 Å². The lowest BCUT2D eigenvalue weighted by atomic mass is 9.98. The Labute approximate surface area is 104 Å². The van der Waals surface area contributed by atoms with Crippen LogP contribution < -0.4 is 5.73 Å². The van der Waals surface area contributed by atoms with Crippen molar-refractivity contribution in [3.05, 3.63) is 35.4 Å². The monoisotopic (exact) mass is 233 g/mol. The molecule has 2 N–H and O–H groups in total. The summed E-state index contributed by atoms with van der Waals surface area (Å²) in [5.74, 6) is 1.01. The van der Waals surface area contributed by atoms with Crippen molar-refractivity contribution in [1.29, 1.82) is 0 Å². The van der Waals surface area contributed by atoms with E-state index in [9.17, 15) is 4.79 Å². The van der Waals surface area contributed by atoms with Gasteiger partial charge in [0.05, 0.1) is 0 Å². The Hall–Kier alpha value is -1.15. The van der Waals surface area contributed by atoms with Gasteiger partial charge >= 0.3 is 0 Å². The fraction of sp³-hybridized carbons (Fsp3) is 0.533. The molecule has 0 heterocycles. The zero-order chi connectivity index (χ0) is 12.7. The highest BCUT2D eigenvalue weighted by atomic mass is 16.1. The predicted octanol–water partition coefficient (Wildman–Crippen LogP) is 3.08. The molecule has 0 unspecified atom stereocenters. The topological polar surface area (TPSA) is 43.1 Å². The maximum absolute atomic E-state index is 11.8. The van der Waals surface area contributed by atoms with Gasteiger partial charge in [-0.2, -0.15) is 0 Å². The van der Waals surface area contributed by atoms with Crippen molar-refractivity contribution < 1.29 is 4.79 Å². The molecule has 17 heavy (non-hydrogen) atoms. The van der Waals surface area contributed by atoms with E-state index in [2.05, 4.69) is 13.8 Å². The number of hydrogen-bond acceptors (Lipinski definition) is 2. The molecule has 2 nitrogen and oxygen atoms in total. The molecule has 1 rings (SSSR count). The van der Waals surface area contributed by atoms with Crippen molar-refractivity contribution >= 4 is 5.78 Å². The number of carbonyl (C=O) groups is 1. The Bertz CT molecular complexity index is 358. The maximum atomic E-state index is 11.8. The van der Waals surface area contributed by atoms with Gasteiger partial charge in [0.15, 0.2) is 0 Å². The molecule has 1 aromatic rings. The molecule has 0 aliphatic carbocycles. The van der Waals surface area contributed by atoms with Crippen LogP contribution in [0.3, 0.4) is 0 Å². The zero-order valence-electron chi connectivity index (χ0n) is 10.9. The Balaban J connectivity index is 2.45. The molecule has 0 atom stereocenters. The fourth-order valence-corrected chi connectivity index (χ4v) is 1.94. The van der Waals surface area contributed by atoms with Gasteiger partial charge in [0.1, 0.15) is 5.78 Å². The van der Waals surface area contributed by atoms with E-state index in [4.69, 9.17) is 5.73 Å². The van der Waals surface area contributed by atoms with Gasteiger partial charge in [0.2, 0.25) is 0 Å². The largest absolute Gasteiger partial charge is 0.326 e. The standard InChI is InChI=1S/C15H23NO/c1-12(2)6-5-9-15(17)10-13-7-3-4-8-14(13)11-16/h3-4,7-8,12H,5-6,9-11,16H2,1-2H3. The minimum absolute atomic E-state index is 0.326. The first-order chi connectivity index (χ1) is 8.13. The van der Waals surface area contributed by atoms with E-state index in [0.29, 0.717) is 31.1 Å². The molecule has 2 heteroatoms. The third kappa shape index (κ3) is 5.14. The van der Waals surface area contributed by atoms with Crippen LogP contribution in [0.15, 0.2) is 24.3 Å². The van der Waals surface area contributed by atoms with Gasteiger partial charge < -0.3 is 5.73 Å². The van der Waals surface area contributed by atoms with Gasteiger partial charge in [-0.1, -0.05) is 44.5 Å². The molecule has 0 amide bonds. The second-order valence-electron chi connectivity index (χ2n) is 4.97. The molecule has 0 spiro atoms. The van der Waals surface area contributed by atoms with E-state index in [-0.39, 0.29) is 0 Å². The number of hydrogen-bond donors (Lipinski definition) is 1. The van der Waals surface area contributed by atoms with E-state index in [1.54, 1.807) is 0 Å². The van der Waals surface area contributed by atoms with E-state index in [1.165, 1.54) is 0 Å². The van der Waals surface area contributed by atoms with Gasteiger partial charge in [0.25, 0.3) is 0 Å². The SMILES string of the molecule is CC(C)CCCC(=O)Cc1ccccc1CN. The van der Waals surface area contributed by atoms with Crippen LogP contribution in [0.25, 0.3) is 0 Å². The highest BCUT2D eigenvalue weighted by molar-refractivity contribution is 5.81. The average molecular weight is 233 g/mol. The average Bonchev–Trinajstić information content (AvgIpc) is 2.29. The summed E-state index contributed by atoms with van der Waals surface area (Å²) in [7, 11) is 0. The molecule has 0 aliphatic heterocycles. The van der Waals surface area contributed by atoms with Crippen LogP contribution in [0, 0.1) is 5.92 Å². The first kappa shape index (κ1) is 13.9. The molecular weight excluding hydrogens is 210 g/mol. The van der Waals surface area contributed by atoms with E-state index < -0.39 is 0 Å². The summed E-state index contributed by atoms with van der Waals surface area (Å²) in [5.41, 5.74) is 7.83. The van der Waals surface area contributed by atoms with Gasteiger partial charge in [0, 0.05) is 19.4 Å². The van der Waals surface area contributed by atoms with Gasteiger partial charge in [-0.05, 0) is 23.5 Å². The van der Waals surface area contributed by atoms with Crippen LogP contribution in [0.2, 0.25) is 0 Å². The van der Waals surface area contributed by atoms with Crippen molar-refractivity contribution in [2.24, 2.45) is 11.7 Å². The highest BCUT2D eigenvalue weighted by Crippen LogP contribution is 2.12. The van der Waals surface area contributed by atoms with Crippen LogP contribution in [-0.4, -0.2) is 5.78 Å². The molecular formula is C15H23NO. The van der Waals surface area contributed by atoms with E-state index in [1.807, 2.05) is 24.3 Å². The Morgan fingerprint density at radius 3 is 2.47 bits per heavy atom. The Morgan fingerprint density at radius 1 is 1.24 bits per heavy atom. The predicted molar refractivity (Wildman–Crippen MR) is 71.7 cm³/mol. The third-order valence-corrected chi connectivity index (χ3v) is 2.96. The number of rotatable bonds is 7. The molecule has 94 valence electrons. The van der Waals surface area contributed by atoms with Gasteiger partial charge in [-0.15, -0.1) is 0 Å². The third-order valence-electron chi connectivity index (χ3n) is 2.96. The normalized spacial score (nSPS) is 10.8. The number of ketones is 1. The lowest BCUT2D eigenvalue weighted by Crippen LogP contribution is -2.08. The zero-order valence-corrected chi connectivity index (χ0v) is 10.9. The lowest BCUT2D eigenvalue weighted by molar-refractivity contribution is -0.118. The molecule has 0 aromatic heterocycles. The molecule has 0 aliphatic rings. The van der Waals surface area contributed by atoms with Crippen LogP contribution in [-0.2, 0) is 17.8 Å². The van der Waals surface area contributed by atoms with Gasteiger partial charge in [-0.3, -0.25) is 4.79 Å². The van der Waals surface area contributed by atoms with Crippen molar-refractivity contribution in [2.45, 2.75) is 46.1 Å². The summed E-state index contributed by atoms with van der Waals surface area (Å²) in [6.07, 6.45) is 3.36.